The van der Waals surface area contributed by atoms with Crippen LogP contribution >= 0.6 is 0 Å². The fourth-order valence-electron chi connectivity index (χ4n) is 3.23. The van der Waals surface area contributed by atoms with Crippen molar-refractivity contribution < 1.29 is 44.2 Å². The lowest BCUT2D eigenvalue weighted by molar-refractivity contribution is -0.154. The summed E-state index contributed by atoms with van der Waals surface area (Å²) in [5.41, 5.74) is 1.63. The molecule has 6 nitrogen and oxygen atoms in total. The Labute approximate surface area is 190 Å². The van der Waals surface area contributed by atoms with Crippen molar-refractivity contribution in [3.05, 3.63) is 54.2 Å². The first-order chi connectivity index (χ1) is 15.7. The average Bonchev–Trinajstić information content (AvgIpc) is 3.12. The zero-order chi connectivity index (χ0) is 25.1. The number of hydrogen-bond donors (Lipinski definition) is 2. The number of aromatic amines is 1. The molecule has 0 aliphatic carbocycles. The molecule has 1 aromatic heterocycles. The monoisotopic (exact) mass is 510 g/mol. The summed E-state index contributed by atoms with van der Waals surface area (Å²) in [6.07, 6.45) is -7.52. The Morgan fingerprint density at radius 3 is 2.29 bits per heavy atom. The minimum atomic E-state index is -4.76. The molecule has 3 aromatic rings. The summed E-state index contributed by atoms with van der Waals surface area (Å²) in [5.74, 6) is -1.18. The smallest absolute Gasteiger partial charge is 0.422 e. The van der Waals surface area contributed by atoms with Crippen LogP contribution in [-0.2, 0) is 16.4 Å². The standard InChI is InChI=1S/C21H20F6N2O4S/c1-13(8-14-10-28-17-5-3-2-4-16(14)17)29-34(30,31)19-9-15(32-11-20(22,23)24)6-7-18(19)33-12-21(25,26)27/h2-7,9-10,13,28-29H,8,11-12H2,1H3. The van der Waals surface area contributed by atoms with Crippen LogP contribution in [0.15, 0.2) is 53.6 Å². The molecule has 0 aliphatic rings. The second kappa shape index (κ2) is 9.74. The van der Waals surface area contributed by atoms with E-state index in [-0.39, 0.29) is 6.42 Å². The molecular formula is C21H20F6N2O4S. The van der Waals surface area contributed by atoms with Crippen LogP contribution in [0.5, 0.6) is 11.5 Å². The lowest BCUT2D eigenvalue weighted by Crippen LogP contribution is -2.34. The predicted molar refractivity (Wildman–Crippen MR) is 111 cm³/mol. The number of hydrogen-bond acceptors (Lipinski definition) is 4. The van der Waals surface area contributed by atoms with Gasteiger partial charge in [-0.1, -0.05) is 18.2 Å². The quantitative estimate of drug-likeness (QED) is 0.399. The van der Waals surface area contributed by atoms with Gasteiger partial charge < -0.3 is 14.5 Å². The molecule has 13 heteroatoms. The van der Waals surface area contributed by atoms with Crippen LogP contribution in [0.4, 0.5) is 26.3 Å². The van der Waals surface area contributed by atoms with Gasteiger partial charge in [-0.3, -0.25) is 0 Å². The number of fused-ring (bicyclic) bond motifs is 1. The minimum Gasteiger partial charge on any atom is -0.484 e. The highest BCUT2D eigenvalue weighted by molar-refractivity contribution is 7.89. The third-order valence-electron chi connectivity index (χ3n) is 4.56. The number of sulfonamides is 1. The Kier molecular flexibility index (Phi) is 7.36. The van der Waals surface area contributed by atoms with Crippen LogP contribution in [0, 0.1) is 0 Å². The van der Waals surface area contributed by atoms with Crippen LogP contribution in [0.25, 0.3) is 10.9 Å². The first-order valence-electron chi connectivity index (χ1n) is 9.84. The van der Waals surface area contributed by atoms with Gasteiger partial charge in [0.05, 0.1) is 0 Å². The summed E-state index contributed by atoms with van der Waals surface area (Å²) in [4.78, 5) is 2.27. The Bertz CT molecular complexity index is 1240. The molecule has 0 fully saturated rings. The summed E-state index contributed by atoms with van der Waals surface area (Å²) < 4.78 is 113. The second-order valence-corrected chi connectivity index (χ2v) is 9.18. The molecule has 1 heterocycles. The van der Waals surface area contributed by atoms with Crippen molar-refractivity contribution in [2.75, 3.05) is 13.2 Å². The zero-order valence-corrected chi connectivity index (χ0v) is 18.4. The molecule has 0 radical (unpaired) electrons. The van der Waals surface area contributed by atoms with Gasteiger partial charge in [-0.2, -0.15) is 26.3 Å². The van der Waals surface area contributed by atoms with E-state index in [1.54, 1.807) is 13.1 Å². The van der Waals surface area contributed by atoms with Gasteiger partial charge in [0.2, 0.25) is 10.0 Å². The first kappa shape index (κ1) is 25.7. The van der Waals surface area contributed by atoms with Crippen LogP contribution in [0.1, 0.15) is 12.5 Å². The first-order valence-corrected chi connectivity index (χ1v) is 11.3. The Balaban J connectivity index is 1.85. The number of benzene rings is 2. The van der Waals surface area contributed by atoms with Crippen molar-refractivity contribution in [3.63, 3.8) is 0 Å². The van der Waals surface area contributed by atoms with Gasteiger partial charge in [-0.05, 0) is 37.1 Å². The largest absolute Gasteiger partial charge is 0.484 e. The molecule has 0 spiro atoms. The maximum Gasteiger partial charge on any atom is 0.422 e. The molecule has 2 N–H and O–H groups in total. The lowest BCUT2D eigenvalue weighted by atomic mass is 10.1. The van der Waals surface area contributed by atoms with Gasteiger partial charge in [0.25, 0.3) is 0 Å². The van der Waals surface area contributed by atoms with E-state index in [1.165, 1.54) is 0 Å². The molecule has 0 saturated heterocycles. The Morgan fingerprint density at radius 1 is 0.971 bits per heavy atom. The van der Waals surface area contributed by atoms with Crippen molar-refractivity contribution in [1.29, 1.82) is 0 Å². The molecule has 0 bridgehead atoms. The van der Waals surface area contributed by atoms with Gasteiger partial charge in [-0.15, -0.1) is 0 Å². The maximum atomic E-state index is 13.0. The number of rotatable bonds is 9. The molecule has 2 aromatic carbocycles. The fraction of sp³-hybridized carbons (Fsp3) is 0.333. The van der Waals surface area contributed by atoms with Gasteiger partial charge in [0.15, 0.2) is 13.2 Å². The van der Waals surface area contributed by atoms with Crippen LogP contribution < -0.4 is 14.2 Å². The number of halogens is 6. The number of H-pyrrole nitrogens is 1. The van der Waals surface area contributed by atoms with Crippen molar-refractivity contribution in [3.8, 4) is 11.5 Å². The fourth-order valence-corrected chi connectivity index (χ4v) is 4.64. The molecule has 34 heavy (non-hydrogen) atoms. The topological polar surface area (TPSA) is 80.4 Å². The van der Waals surface area contributed by atoms with E-state index in [0.717, 1.165) is 28.6 Å². The number of nitrogens with one attached hydrogen (secondary N) is 2. The molecule has 186 valence electrons. The van der Waals surface area contributed by atoms with E-state index in [0.29, 0.717) is 6.07 Å². The van der Waals surface area contributed by atoms with Crippen molar-refractivity contribution in [1.82, 2.24) is 9.71 Å². The van der Waals surface area contributed by atoms with Gasteiger partial charge in [-0.25, -0.2) is 13.1 Å². The molecule has 0 aliphatic heterocycles. The van der Waals surface area contributed by atoms with E-state index < -0.39 is 58.0 Å². The van der Waals surface area contributed by atoms with E-state index in [4.69, 9.17) is 0 Å². The van der Waals surface area contributed by atoms with Crippen molar-refractivity contribution >= 4 is 20.9 Å². The summed E-state index contributed by atoms with van der Waals surface area (Å²) in [6, 6.07) is 8.99. The van der Waals surface area contributed by atoms with Gasteiger partial charge in [0, 0.05) is 29.2 Å². The predicted octanol–water partition coefficient (Wildman–Crippen LogP) is 4.96. The summed E-state index contributed by atoms with van der Waals surface area (Å²) in [7, 11) is -4.50. The highest BCUT2D eigenvalue weighted by Gasteiger charge is 2.32. The van der Waals surface area contributed by atoms with Crippen LogP contribution in [0.3, 0.4) is 0 Å². The van der Waals surface area contributed by atoms with E-state index in [9.17, 15) is 34.8 Å². The van der Waals surface area contributed by atoms with Gasteiger partial charge in [0.1, 0.15) is 16.4 Å². The number of para-hydroxylation sites is 1. The SMILES string of the molecule is CC(Cc1c[nH]c2ccccc12)NS(=O)(=O)c1cc(OCC(F)(F)F)ccc1OCC(F)(F)F. The number of ether oxygens (including phenoxy) is 2. The second-order valence-electron chi connectivity index (χ2n) is 7.50. The number of aromatic nitrogens is 1. The molecule has 3 rings (SSSR count). The highest BCUT2D eigenvalue weighted by atomic mass is 32.2. The zero-order valence-electron chi connectivity index (χ0n) is 17.6. The molecule has 0 amide bonds. The normalized spacial score (nSPS) is 13.7. The number of alkyl halides is 6. The minimum absolute atomic E-state index is 0.228. The van der Waals surface area contributed by atoms with Gasteiger partial charge >= 0.3 is 12.4 Å². The Morgan fingerprint density at radius 2 is 1.62 bits per heavy atom. The van der Waals surface area contributed by atoms with Crippen LogP contribution in [0.2, 0.25) is 0 Å². The average molecular weight is 510 g/mol. The third kappa shape index (κ3) is 7.03. The Hall–Kier alpha value is -2.93. The molecular weight excluding hydrogens is 490 g/mol. The molecule has 1 unspecified atom stereocenters. The van der Waals surface area contributed by atoms with Crippen LogP contribution in [-0.4, -0.2) is 45.0 Å². The lowest BCUT2D eigenvalue weighted by Gasteiger charge is -2.18. The third-order valence-corrected chi connectivity index (χ3v) is 6.17. The molecule has 0 saturated carbocycles. The van der Waals surface area contributed by atoms with E-state index in [1.807, 2.05) is 24.3 Å². The van der Waals surface area contributed by atoms with E-state index >= 15 is 0 Å². The maximum absolute atomic E-state index is 13.0. The summed E-state index contributed by atoms with van der Waals surface area (Å²) in [6.45, 7) is -1.96. The van der Waals surface area contributed by atoms with E-state index in [2.05, 4.69) is 19.2 Å². The van der Waals surface area contributed by atoms with Crippen molar-refractivity contribution in [2.24, 2.45) is 0 Å². The molecule has 1 atom stereocenters. The van der Waals surface area contributed by atoms with Crippen molar-refractivity contribution in [2.45, 2.75) is 36.6 Å². The summed E-state index contributed by atoms with van der Waals surface area (Å²) >= 11 is 0. The highest BCUT2D eigenvalue weighted by Crippen LogP contribution is 2.31. The summed E-state index contributed by atoms with van der Waals surface area (Å²) in [5, 5.41) is 0.866.